The Kier molecular flexibility index (Phi) is 4.13. The molecule has 0 bridgehead atoms. The summed E-state index contributed by atoms with van der Waals surface area (Å²) in [5.74, 6) is 1.70. The SMILES string of the molecule is Cc1nc(NCCCN)c2cc(-c3ccccc3)sc2n1. The van der Waals surface area contributed by atoms with Crippen molar-refractivity contribution in [1.82, 2.24) is 9.97 Å². The van der Waals surface area contributed by atoms with Gasteiger partial charge in [-0.05, 0) is 31.5 Å². The van der Waals surface area contributed by atoms with E-state index in [-0.39, 0.29) is 0 Å². The summed E-state index contributed by atoms with van der Waals surface area (Å²) in [4.78, 5) is 11.3. The zero-order valence-electron chi connectivity index (χ0n) is 12.0. The van der Waals surface area contributed by atoms with Gasteiger partial charge in [0, 0.05) is 11.4 Å². The molecular weight excluding hydrogens is 280 g/mol. The third-order valence-corrected chi connectivity index (χ3v) is 4.31. The van der Waals surface area contributed by atoms with E-state index in [1.165, 1.54) is 10.4 Å². The number of nitrogens with one attached hydrogen (secondary N) is 1. The average Bonchev–Trinajstić information content (AvgIpc) is 2.92. The number of aryl methyl sites for hydroxylation is 1. The van der Waals surface area contributed by atoms with Crippen LogP contribution in [0, 0.1) is 6.92 Å². The Labute approximate surface area is 128 Å². The Morgan fingerprint density at radius 2 is 2.00 bits per heavy atom. The van der Waals surface area contributed by atoms with Crippen molar-refractivity contribution in [3.63, 3.8) is 0 Å². The average molecular weight is 298 g/mol. The number of hydrogen-bond acceptors (Lipinski definition) is 5. The van der Waals surface area contributed by atoms with Crippen LogP contribution < -0.4 is 11.1 Å². The third-order valence-electron chi connectivity index (χ3n) is 3.24. The van der Waals surface area contributed by atoms with Crippen molar-refractivity contribution in [2.45, 2.75) is 13.3 Å². The molecule has 0 unspecified atom stereocenters. The summed E-state index contributed by atoms with van der Waals surface area (Å²) < 4.78 is 0. The third kappa shape index (κ3) is 3.04. The van der Waals surface area contributed by atoms with Crippen LogP contribution in [0.25, 0.3) is 20.7 Å². The van der Waals surface area contributed by atoms with E-state index in [4.69, 9.17) is 5.73 Å². The molecule has 5 heteroatoms. The van der Waals surface area contributed by atoms with Gasteiger partial charge < -0.3 is 11.1 Å². The molecule has 3 aromatic rings. The van der Waals surface area contributed by atoms with E-state index in [2.05, 4.69) is 45.6 Å². The van der Waals surface area contributed by atoms with Gasteiger partial charge in [-0.1, -0.05) is 30.3 Å². The van der Waals surface area contributed by atoms with Crippen LogP contribution >= 0.6 is 11.3 Å². The molecule has 2 heterocycles. The van der Waals surface area contributed by atoms with Crippen LogP contribution in [0.2, 0.25) is 0 Å². The lowest BCUT2D eigenvalue weighted by molar-refractivity contribution is 0.869. The molecule has 0 saturated carbocycles. The fourth-order valence-electron chi connectivity index (χ4n) is 2.22. The van der Waals surface area contributed by atoms with Gasteiger partial charge >= 0.3 is 0 Å². The van der Waals surface area contributed by atoms with E-state index >= 15 is 0 Å². The quantitative estimate of drug-likeness (QED) is 0.708. The Bertz CT molecular complexity index is 737. The summed E-state index contributed by atoms with van der Waals surface area (Å²) in [5, 5.41) is 4.45. The van der Waals surface area contributed by atoms with Crippen LogP contribution in [-0.4, -0.2) is 23.1 Å². The van der Waals surface area contributed by atoms with Gasteiger partial charge in [-0.15, -0.1) is 11.3 Å². The van der Waals surface area contributed by atoms with Crippen molar-refractivity contribution < 1.29 is 0 Å². The molecule has 108 valence electrons. The predicted octanol–water partition coefficient (Wildman–Crippen LogP) is 3.43. The summed E-state index contributed by atoms with van der Waals surface area (Å²) >= 11 is 1.70. The van der Waals surface area contributed by atoms with Crippen LogP contribution in [0.3, 0.4) is 0 Å². The summed E-state index contributed by atoms with van der Waals surface area (Å²) in [5.41, 5.74) is 6.76. The molecule has 0 aliphatic rings. The van der Waals surface area contributed by atoms with Gasteiger partial charge in [0.25, 0.3) is 0 Å². The van der Waals surface area contributed by atoms with Crippen molar-refractivity contribution in [3.8, 4) is 10.4 Å². The maximum Gasteiger partial charge on any atom is 0.138 e. The van der Waals surface area contributed by atoms with Gasteiger partial charge in [0.1, 0.15) is 16.5 Å². The van der Waals surface area contributed by atoms with Gasteiger partial charge in [0.05, 0.1) is 5.39 Å². The van der Waals surface area contributed by atoms with E-state index < -0.39 is 0 Å². The number of nitrogens with two attached hydrogens (primary N) is 1. The highest BCUT2D eigenvalue weighted by atomic mass is 32.1. The second kappa shape index (κ2) is 6.20. The summed E-state index contributed by atoms with van der Waals surface area (Å²) in [6.07, 6.45) is 0.931. The summed E-state index contributed by atoms with van der Waals surface area (Å²) in [6, 6.07) is 12.5. The summed E-state index contributed by atoms with van der Waals surface area (Å²) in [6.45, 7) is 3.44. The minimum absolute atomic E-state index is 0.680. The van der Waals surface area contributed by atoms with Gasteiger partial charge in [0.2, 0.25) is 0 Å². The van der Waals surface area contributed by atoms with Crippen molar-refractivity contribution in [3.05, 3.63) is 42.2 Å². The minimum atomic E-state index is 0.680. The minimum Gasteiger partial charge on any atom is -0.369 e. The van der Waals surface area contributed by atoms with Gasteiger partial charge in [-0.2, -0.15) is 0 Å². The van der Waals surface area contributed by atoms with Crippen LogP contribution in [0.1, 0.15) is 12.2 Å². The molecule has 0 saturated heterocycles. The number of nitrogens with zero attached hydrogens (tertiary/aromatic N) is 2. The van der Waals surface area contributed by atoms with Crippen molar-refractivity contribution >= 4 is 27.4 Å². The van der Waals surface area contributed by atoms with Crippen LogP contribution in [0.5, 0.6) is 0 Å². The molecule has 0 amide bonds. The van der Waals surface area contributed by atoms with E-state index in [0.717, 1.165) is 34.8 Å². The molecule has 21 heavy (non-hydrogen) atoms. The highest BCUT2D eigenvalue weighted by Crippen LogP contribution is 2.35. The van der Waals surface area contributed by atoms with E-state index in [0.29, 0.717) is 6.54 Å². The molecule has 0 aliphatic carbocycles. The Morgan fingerprint density at radius 3 is 2.76 bits per heavy atom. The van der Waals surface area contributed by atoms with Crippen LogP contribution in [-0.2, 0) is 0 Å². The number of anilines is 1. The molecule has 0 radical (unpaired) electrons. The van der Waals surface area contributed by atoms with E-state index in [1.54, 1.807) is 11.3 Å². The molecule has 0 aliphatic heterocycles. The van der Waals surface area contributed by atoms with Crippen molar-refractivity contribution in [2.24, 2.45) is 5.73 Å². The molecule has 0 spiro atoms. The first-order valence-corrected chi connectivity index (χ1v) is 7.87. The second-order valence-corrected chi connectivity index (χ2v) is 5.91. The molecule has 2 aromatic heterocycles. The normalized spacial score (nSPS) is 11.0. The maximum atomic E-state index is 5.54. The molecular formula is C16H18N4S. The summed E-state index contributed by atoms with van der Waals surface area (Å²) in [7, 11) is 0. The first-order chi connectivity index (χ1) is 10.3. The molecule has 0 atom stereocenters. The fourth-order valence-corrected chi connectivity index (χ4v) is 3.30. The number of thiophene rings is 1. The number of fused-ring (bicyclic) bond motifs is 1. The highest BCUT2D eigenvalue weighted by molar-refractivity contribution is 7.21. The maximum absolute atomic E-state index is 5.54. The van der Waals surface area contributed by atoms with Crippen molar-refractivity contribution in [2.75, 3.05) is 18.4 Å². The number of aromatic nitrogens is 2. The molecule has 4 nitrogen and oxygen atoms in total. The lowest BCUT2D eigenvalue weighted by Gasteiger charge is -2.06. The molecule has 0 fully saturated rings. The molecule has 3 N–H and O–H groups in total. The lowest BCUT2D eigenvalue weighted by atomic mass is 10.2. The van der Waals surface area contributed by atoms with Crippen molar-refractivity contribution in [1.29, 1.82) is 0 Å². The first kappa shape index (κ1) is 14.0. The topological polar surface area (TPSA) is 63.8 Å². The number of benzene rings is 1. The monoisotopic (exact) mass is 298 g/mol. The predicted molar refractivity (Wildman–Crippen MR) is 89.7 cm³/mol. The van der Waals surface area contributed by atoms with E-state index in [1.807, 2.05) is 13.0 Å². The number of hydrogen-bond donors (Lipinski definition) is 2. The van der Waals surface area contributed by atoms with Gasteiger partial charge in [-0.3, -0.25) is 0 Å². The Balaban J connectivity index is 2.02. The molecule has 3 rings (SSSR count). The largest absolute Gasteiger partial charge is 0.369 e. The standard InChI is InChI=1S/C16H18N4S/c1-11-19-15(18-9-5-8-17)13-10-14(21-16(13)20-11)12-6-3-2-4-7-12/h2-4,6-7,10H,5,8-9,17H2,1H3,(H,18,19,20). The van der Waals surface area contributed by atoms with Gasteiger partial charge in [0.15, 0.2) is 0 Å². The van der Waals surface area contributed by atoms with Crippen LogP contribution in [0.4, 0.5) is 5.82 Å². The van der Waals surface area contributed by atoms with Crippen LogP contribution in [0.15, 0.2) is 36.4 Å². The Hall–Kier alpha value is -1.98. The fraction of sp³-hybridized carbons (Fsp3) is 0.250. The molecule has 1 aromatic carbocycles. The first-order valence-electron chi connectivity index (χ1n) is 7.05. The highest BCUT2D eigenvalue weighted by Gasteiger charge is 2.11. The zero-order valence-corrected chi connectivity index (χ0v) is 12.8. The lowest BCUT2D eigenvalue weighted by Crippen LogP contribution is -2.10. The second-order valence-electron chi connectivity index (χ2n) is 4.88. The number of rotatable bonds is 5. The zero-order chi connectivity index (χ0) is 14.7. The van der Waals surface area contributed by atoms with E-state index in [9.17, 15) is 0 Å². The smallest absolute Gasteiger partial charge is 0.138 e. The van der Waals surface area contributed by atoms with Gasteiger partial charge in [-0.25, -0.2) is 9.97 Å². The Morgan fingerprint density at radius 1 is 1.19 bits per heavy atom.